The van der Waals surface area contributed by atoms with E-state index in [-0.39, 0.29) is 13.0 Å². The maximum atomic E-state index is 12.3. The Morgan fingerprint density at radius 1 is 1.58 bits per heavy atom. The quantitative estimate of drug-likeness (QED) is 0.651. The largest absolute Gasteiger partial charge is 0.480 e. The number of aliphatic carboxylic acids is 1. The molecular weight excluding hydrogens is 252 g/mol. The number of carbonyl (C=O) groups excluding carboxylic acids is 1. The van der Waals surface area contributed by atoms with Crippen LogP contribution in [0.5, 0.6) is 0 Å². The smallest absolute Gasteiger partial charge is 0.326 e. The molecule has 1 fully saturated rings. The van der Waals surface area contributed by atoms with Gasteiger partial charge in [0.25, 0.3) is 0 Å². The lowest BCUT2D eigenvalue weighted by Crippen LogP contribution is -2.49. The molecule has 7 heteroatoms. The topological polar surface area (TPSA) is 90.3 Å². The van der Waals surface area contributed by atoms with Gasteiger partial charge < -0.3 is 24.7 Å². The van der Waals surface area contributed by atoms with Crippen molar-refractivity contribution in [3.05, 3.63) is 12.7 Å². The van der Waals surface area contributed by atoms with E-state index in [1.54, 1.807) is 6.08 Å². The van der Waals surface area contributed by atoms with Crippen LogP contribution in [0, 0.1) is 0 Å². The number of ether oxygens (including phenoxy) is 1. The lowest BCUT2D eigenvalue weighted by molar-refractivity contribution is -0.141. The Kier molecular flexibility index (Phi) is 5.78. The summed E-state index contributed by atoms with van der Waals surface area (Å²) in [7, 11) is 1.52. The number of likely N-dealkylation sites (tertiary alicyclic amines) is 1. The average Bonchev–Trinajstić information content (AvgIpc) is 2.76. The molecule has 1 saturated heterocycles. The van der Waals surface area contributed by atoms with E-state index >= 15 is 0 Å². The highest BCUT2D eigenvalue weighted by Gasteiger charge is 2.40. The molecule has 1 aliphatic heterocycles. The number of urea groups is 1. The second-order valence-corrected chi connectivity index (χ2v) is 4.41. The van der Waals surface area contributed by atoms with Crippen LogP contribution < -0.4 is 0 Å². The second-order valence-electron chi connectivity index (χ2n) is 4.41. The summed E-state index contributed by atoms with van der Waals surface area (Å²) in [4.78, 5) is 26.0. The van der Waals surface area contributed by atoms with Crippen LogP contribution in [0.1, 0.15) is 6.42 Å². The summed E-state index contributed by atoms with van der Waals surface area (Å²) in [6.45, 7) is 4.61. The van der Waals surface area contributed by atoms with E-state index in [1.165, 1.54) is 16.9 Å². The van der Waals surface area contributed by atoms with Gasteiger partial charge in [0.2, 0.25) is 0 Å². The number of amides is 2. The van der Waals surface area contributed by atoms with Crippen molar-refractivity contribution in [2.45, 2.75) is 18.6 Å². The van der Waals surface area contributed by atoms with E-state index in [0.29, 0.717) is 19.7 Å². The molecule has 0 bridgehead atoms. The number of carboxylic acid groups (broad SMARTS) is 1. The number of hydrogen-bond donors (Lipinski definition) is 2. The van der Waals surface area contributed by atoms with E-state index < -0.39 is 24.1 Å². The van der Waals surface area contributed by atoms with Crippen molar-refractivity contribution in [2.75, 3.05) is 33.4 Å². The SMILES string of the molecule is C=CCN(CCOC)C(=O)N1CC(O)CC1C(=O)O. The van der Waals surface area contributed by atoms with Crippen LogP contribution in [-0.2, 0) is 9.53 Å². The van der Waals surface area contributed by atoms with Gasteiger partial charge in [-0.25, -0.2) is 9.59 Å². The fourth-order valence-electron chi connectivity index (χ4n) is 2.06. The Balaban J connectivity index is 2.76. The van der Waals surface area contributed by atoms with Crippen LogP contribution in [0.25, 0.3) is 0 Å². The van der Waals surface area contributed by atoms with E-state index in [9.17, 15) is 14.7 Å². The zero-order valence-electron chi connectivity index (χ0n) is 11.0. The number of aliphatic hydroxyl groups excluding tert-OH is 1. The third kappa shape index (κ3) is 3.93. The lowest BCUT2D eigenvalue weighted by Gasteiger charge is -2.29. The molecule has 2 unspecified atom stereocenters. The zero-order chi connectivity index (χ0) is 14.4. The predicted molar refractivity (Wildman–Crippen MR) is 67.8 cm³/mol. The van der Waals surface area contributed by atoms with Gasteiger partial charge in [0.05, 0.1) is 12.7 Å². The maximum absolute atomic E-state index is 12.3. The summed E-state index contributed by atoms with van der Waals surface area (Å²) >= 11 is 0. The van der Waals surface area contributed by atoms with Crippen LogP contribution >= 0.6 is 0 Å². The van der Waals surface area contributed by atoms with Gasteiger partial charge in [-0.3, -0.25) is 0 Å². The van der Waals surface area contributed by atoms with Gasteiger partial charge in [0.1, 0.15) is 6.04 Å². The third-order valence-corrected chi connectivity index (χ3v) is 3.00. The van der Waals surface area contributed by atoms with Crippen LogP contribution in [0.15, 0.2) is 12.7 Å². The van der Waals surface area contributed by atoms with Crippen LogP contribution in [0.4, 0.5) is 4.79 Å². The molecule has 2 amide bonds. The molecule has 0 aromatic rings. The molecule has 108 valence electrons. The summed E-state index contributed by atoms with van der Waals surface area (Å²) in [5.74, 6) is -1.10. The number of nitrogens with zero attached hydrogens (tertiary/aromatic N) is 2. The first-order valence-corrected chi connectivity index (χ1v) is 6.07. The van der Waals surface area contributed by atoms with Crippen molar-refractivity contribution in [1.29, 1.82) is 0 Å². The van der Waals surface area contributed by atoms with Gasteiger partial charge in [-0.1, -0.05) is 6.08 Å². The van der Waals surface area contributed by atoms with Crippen LogP contribution in [0.3, 0.4) is 0 Å². The molecular formula is C12H20N2O5. The van der Waals surface area contributed by atoms with Crippen molar-refractivity contribution in [1.82, 2.24) is 9.80 Å². The summed E-state index contributed by atoms with van der Waals surface area (Å²) in [6.07, 6.45) is 0.835. The molecule has 0 aliphatic carbocycles. The molecule has 1 aliphatic rings. The number of carboxylic acids is 1. The first-order valence-electron chi connectivity index (χ1n) is 6.07. The molecule has 1 rings (SSSR count). The number of hydrogen-bond acceptors (Lipinski definition) is 4. The Hall–Kier alpha value is -1.60. The van der Waals surface area contributed by atoms with E-state index in [0.717, 1.165) is 0 Å². The van der Waals surface area contributed by atoms with Crippen molar-refractivity contribution >= 4 is 12.0 Å². The maximum Gasteiger partial charge on any atom is 0.326 e. The summed E-state index contributed by atoms with van der Waals surface area (Å²) in [5.41, 5.74) is 0. The minimum atomic E-state index is -1.10. The minimum Gasteiger partial charge on any atom is -0.480 e. The highest BCUT2D eigenvalue weighted by molar-refractivity contribution is 5.83. The van der Waals surface area contributed by atoms with Gasteiger partial charge in [-0.2, -0.15) is 0 Å². The summed E-state index contributed by atoms with van der Waals surface area (Å²) < 4.78 is 4.91. The number of rotatable bonds is 6. The molecule has 0 radical (unpaired) electrons. The van der Waals surface area contributed by atoms with Gasteiger partial charge >= 0.3 is 12.0 Å². The van der Waals surface area contributed by atoms with E-state index in [1.807, 2.05) is 0 Å². The Labute approximate surface area is 112 Å². The van der Waals surface area contributed by atoms with Crippen LogP contribution in [0.2, 0.25) is 0 Å². The second kappa shape index (κ2) is 7.10. The highest BCUT2D eigenvalue weighted by Crippen LogP contribution is 2.20. The molecule has 0 aromatic heterocycles. The number of aliphatic hydroxyl groups is 1. The monoisotopic (exact) mass is 272 g/mol. The van der Waals surface area contributed by atoms with Gasteiger partial charge in [-0.05, 0) is 0 Å². The fraction of sp³-hybridized carbons (Fsp3) is 0.667. The molecule has 2 atom stereocenters. The van der Waals surface area contributed by atoms with E-state index in [2.05, 4.69) is 6.58 Å². The summed E-state index contributed by atoms with van der Waals surface area (Å²) in [5, 5.41) is 18.6. The first-order chi connectivity index (χ1) is 9.01. The highest BCUT2D eigenvalue weighted by atomic mass is 16.5. The average molecular weight is 272 g/mol. The molecule has 2 N–H and O–H groups in total. The van der Waals surface area contributed by atoms with Gasteiger partial charge in [0, 0.05) is 33.2 Å². The van der Waals surface area contributed by atoms with E-state index in [4.69, 9.17) is 9.84 Å². The molecule has 19 heavy (non-hydrogen) atoms. The molecule has 7 nitrogen and oxygen atoms in total. The normalized spacial score (nSPS) is 22.3. The standard InChI is InChI=1S/C12H20N2O5/c1-3-4-13(5-6-19-2)12(18)14-8-9(15)7-10(14)11(16)17/h3,9-10,15H,1,4-8H2,2H3,(H,16,17). The van der Waals surface area contributed by atoms with Crippen molar-refractivity contribution in [2.24, 2.45) is 0 Å². The zero-order valence-corrected chi connectivity index (χ0v) is 11.0. The minimum absolute atomic E-state index is 0.0381. The number of methoxy groups -OCH3 is 1. The van der Waals surface area contributed by atoms with Gasteiger partial charge in [0.15, 0.2) is 0 Å². The molecule has 0 spiro atoms. The first kappa shape index (κ1) is 15.5. The Morgan fingerprint density at radius 2 is 2.26 bits per heavy atom. The summed E-state index contributed by atoms with van der Waals surface area (Å²) in [6, 6.07) is -1.39. The predicted octanol–water partition coefficient (Wildman–Crippen LogP) is -0.239. The Morgan fingerprint density at radius 3 is 2.79 bits per heavy atom. The fourth-order valence-corrected chi connectivity index (χ4v) is 2.06. The molecule has 0 saturated carbocycles. The van der Waals surface area contributed by atoms with Crippen molar-refractivity contribution in [3.8, 4) is 0 Å². The molecule has 1 heterocycles. The van der Waals surface area contributed by atoms with Crippen molar-refractivity contribution in [3.63, 3.8) is 0 Å². The Bertz CT molecular complexity index is 347. The molecule has 0 aromatic carbocycles. The lowest BCUT2D eigenvalue weighted by atomic mass is 10.2. The third-order valence-electron chi connectivity index (χ3n) is 3.00. The van der Waals surface area contributed by atoms with Crippen LogP contribution in [-0.4, -0.2) is 77.5 Å². The number of carbonyl (C=O) groups is 2. The van der Waals surface area contributed by atoms with Gasteiger partial charge in [-0.15, -0.1) is 6.58 Å². The van der Waals surface area contributed by atoms with Crippen molar-refractivity contribution < 1.29 is 24.5 Å². The number of β-amino-alcohol motifs (C(OH)–C–C–N with tert-alkyl or cyclic N) is 1.